The second kappa shape index (κ2) is 6.22. The van der Waals surface area contributed by atoms with Crippen molar-refractivity contribution in [2.45, 2.75) is 13.0 Å². The molecule has 1 atom stereocenters. The van der Waals surface area contributed by atoms with Crippen molar-refractivity contribution in [2.75, 3.05) is 14.2 Å². The van der Waals surface area contributed by atoms with Gasteiger partial charge in [-0.2, -0.15) is 0 Å². The molecule has 0 aliphatic carbocycles. The smallest absolute Gasteiger partial charge is 0.118 e. The zero-order valence-corrected chi connectivity index (χ0v) is 13.0. The maximum atomic E-state index is 5.20. The number of aryl methyl sites for hydroxylation is 1. The molecule has 2 rings (SSSR count). The van der Waals surface area contributed by atoms with Crippen LogP contribution in [0.4, 0.5) is 0 Å². The average Bonchev–Trinajstić information content (AvgIpc) is 2.39. The summed E-state index contributed by atoms with van der Waals surface area (Å²) in [6.07, 6.45) is 0. The van der Waals surface area contributed by atoms with Crippen molar-refractivity contribution >= 4 is 15.9 Å². The van der Waals surface area contributed by atoms with Crippen LogP contribution in [0.2, 0.25) is 0 Å². The van der Waals surface area contributed by atoms with Gasteiger partial charge in [0.2, 0.25) is 0 Å². The number of benzene rings is 2. The largest absolute Gasteiger partial charge is 0.497 e. The van der Waals surface area contributed by atoms with E-state index in [1.807, 2.05) is 19.2 Å². The molecule has 2 aromatic rings. The minimum Gasteiger partial charge on any atom is -0.497 e. The maximum absolute atomic E-state index is 5.20. The summed E-state index contributed by atoms with van der Waals surface area (Å²) in [6.45, 7) is 2.11. The predicted octanol–water partition coefficient (Wildman–Crippen LogP) is 4.07. The zero-order chi connectivity index (χ0) is 13.8. The molecule has 0 amide bonds. The highest BCUT2D eigenvalue weighted by molar-refractivity contribution is 9.10. The monoisotopic (exact) mass is 319 g/mol. The van der Waals surface area contributed by atoms with Crippen LogP contribution in [0.15, 0.2) is 46.9 Å². The standard InChI is InChI=1S/C16H18BrNO/c1-11-8-13(10-14(17)9-11)16(18-2)12-4-6-15(19-3)7-5-12/h4-10,16,18H,1-3H3. The summed E-state index contributed by atoms with van der Waals surface area (Å²) in [5, 5.41) is 3.36. The number of methoxy groups -OCH3 is 1. The lowest BCUT2D eigenvalue weighted by Gasteiger charge is -2.18. The van der Waals surface area contributed by atoms with Crippen LogP contribution < -0.4 is 10.1 Å². The lowest BCUT2D eigenvalue weighted by Crippen LogP contribution is -2.17. The van der Waals surface area contributed by atoms with Crippen molar-refractivity contribution in [3.63, 3.8) is 0 Å². The van der Waals surface area contributed by atoms with Crippen molar-refractivity contribution in [1.29, 1.82) is 0 Å². The number of nitrogens with one attached hydrogen (secondary N) is 1. The number of ether oxygens (including phenoxy) is 1. The third kappa shape index (κ3) is 3.37. The Hall–Kier alpha value is -1.32. The van der Waals surface area contributed by atoms with Crippen molar-refractivity contribution < 1.29 is 4.74 Å². The number of hydrogen-bond acceptors (Lipinski definition) is 2. The van der Waals surface area contributed by atoms with Gasteiger partial charge in [-0.1, -0.05) is 34.1 Å². The van der Waals surface area contributed by atoms with E-state index in [0.717, 1.165) is 10.2 Å². The molecule has 3 heteroatoms. The molecule has 2 aromatic carbocycles. The van der Waals surface area contributed by atoms with E-state index in [2.05, 4.69) is 58.5 Å². The van der Waals surface area contributed by atoms with Crippen molar-refractivity contribution in [3.8, 4) is 5.75 Å². The Balaban J connectivity index is 2.37. The molecule has 2 nitrogen and oxygen atoms in total. The van der Waals surface area contributed by atoms with E-state index in [9.17, 15) is 0 Å². The number of hydrogen-bond donors (Lipinski definition) is 1. The van der Waals surface area contributed by atoms with Crippen molar-refractivity contribution in [3.05, 3.63) is 63.6 Å². The Kier molecular flexibility index (Phi) is 4.61. The summed E-state index contributed by atoms with van der Waals surface area (Å²) in [4.78, 5) is 0. The fraction of sp³-hybridized carbons (Fsp3) is 0.250. The second-order valence-corrected chi connectivity index (χ2v) is 5.47. The van der Waals surface area contributed by atoms with Crippen LogP contribution >= 0.6 is 15.9 Å². The lowest BCUT2D eigenvalue weighted by molar-refractivity contribution is 0.414. The Morgan fingerprint density at radius 3 is 2.26 bits per heavy atom. The maximum Gasteiger partial charge on any atom is 0.118 e. The SMILES string of the molecule is CNC(c1ccc(OC)cc1)c1cc(C)cc(Br)c1. The molecule has 0 aliphatic heterocycles. The van der Waals surface area contributed by atoms with Crippen LogP contribution in [0, 0.1) is 6.92 Å². The first-order valence-electron chi connectivity index (χ1n) is 6.22. The van der Waals surface area contributed by atoms with Gasteiger partial charge in [0.25, 0.3) is 0 Å². The van der Waals surface area contributed by atoms with E-state index in [1.165, 1.54) is 16.7 Å². The molecule has 0 bridgehead atoms. The number of halogens is 1. The molecule has 0 saturated carbocycles. The predicted molar refractivity (Wildman–Crippen MR) is 82.8 cm³/mol. The summed E-state index contributed by atoms with van der Waals surface area (Å²) in [5.74, 6) is 0.879. The molecule has 0 spiro atoms. The highest BCUT2D eigenvalue weighted by Crippen LogP contribution is 2.27. The van der Waals surface area contributed by atoms with Crippen molar-refractivity contribution in [1.82, 2.24) is 5.32 Å². The van der Waals surface area contributed by atoms with Gasteiger partial charge in [0.1, 0.15) is 5.75 Å². The van der Waals surface area contributed by atoms with Crippen LogP contribution in [0.3, 0.4) is 0 Å². The molecule has 19 heavy (non-hydrogen) atoms. The molecule has 1 N–H and O–H groups in total. The molecule has 0 saturated heterocycles. The van der Waals surface area contributed by atoms with E-state index in [4.69, 9.17) is 4.74 Å². The van der Waals surface area contributed by atoms with E-state index in [1.54, 1.807) is 7.11 Å². The normalized spacial score (nSPS) is 12.2. The summed E-state index contributed by atoms with van der Waals surface area (Å²) in [6, 6.07) is 14.8. The first-order valence-corrected chi connectivity index (χ1v) is 7.01. The zero-order valence-electron chi connectivity index (χ0n) is 11.4. The molecule has 0 aliphatic rings. The van der Waals surface area contributed by atoms with Gasteiger partial charge in [0.15, 0.2) is 0 Å². The average molecular weight is 320 g/mol. The quantitative estimate of drug-likeness (QED) is 0.917. The first kappa shape index (κ1) is 14.1. The van der Waals surface area contributed by atoms with E-state index < -0.39 is 0 Å². The minimum absolute atomic E-state index is 0.183. The second-order valence-electron chi connectivity index (χ2n) is 4.56. The highest BCUT2D eigenvalue weighted by Gasteiger charge is 2.12. The Labute approximate surface area is 122 Å². The number of rotatable bonds is 4. The molecular formula is C16H18BrNO. The molecule has 0 aromatic heterocycles. The Bertz CT molecular complexity index is 531. The van der Waals surface area contributed by atoms with E-state index in [-0.39, 0.29) is 6.04 Å². The fourth-order valence-corrected chi connectivity index (χ4v) is 2.88. The van der Waals surface area contributed by atoms with Crippen LogP contribution in [0.1, 0.15) is 22.7 Å². The molecule has 1 unspecified atom stereocenters. The molecule has 100 valence electrons. The molecule has 0 heterocycles. The topological polar surface area (TPSA) is 21.3 Å². The van der Waals surface area contributed by atoms with E-state index >= 15 is 0 Å². The molecule has 0 fully saturated rings. The van der Waals surface area contributed by atoms with Gasteiger partial charge in [-0.25, -0.2) is 0 Å². The van der Waals surface area contributed by atoms with Gasteiger partial charge in [0.05, 0.1) is 13.2 Å². The van der Waals surface area contributed by atoms with Gasteiger partial charge < -0.3 is 10.1 Å². The first-order chi connectivity index (χ1) is 9.13. The summed E-state index contributed by atoms with van der Waals surface area (Å²) in [7, 11) is 3.66. The highest BCUT2D eigenvalue weighted by atomic mass is 79.9. The minimum atomic E-state index is 0.183. The fourth-order valence-electron chi connectivity index (χ4n) is 2.25. The van der Waals surface area contributed by atoms with E-state index in [0.29, 0.717) is 0 Å². The third-order valence-corrected chi connectivity index (χ3v) is 3.59. The van der Waals surface area contributed by atoms with Crippen LogP contribution in [-0.4, -0.2) is 14.2 Å². The van der Waals surface area contributed by atoms with Gasteiger partial charge in [-0.3, -0.25) is 0 Å². The van der Waals surface area contributed by atoms with Gasteiger partial charge in [-0.15, -0.1) is 0 Å². The Morgan fingerprint density at radius 1 is 1.05 bits per heavy atom. The van der Waals surface area contributed by atoms with Gasteiger partial charge in [-0.05, 0) is 54.9 Å². The van der Waals surface area contributed by atoms with Crippen LogP contribution in [-0.2, 0) is 0 Å². The summed E-state index contributed by atoms with van der Waals surface area (Å²) in [5.41, 5.74) is 3.72. The third-order valence-electron chi connectivity index (χ3n) is 3.14. The van der Waals surface area contributed by atoms with Crippen LogP contribution in [0.25, 0.3) is 0 Å². The molecule has 0 radical (unpaired) electrons. The van der Waals surface area contributed by atoms with Gasteiger partial charge in [0, 0.05) is 4.47 Å². The van der Waals surface area contributed by atoms with Crippen LogP contribution in [0.5, 0.6) is 5.75 Å². The van der Waals surface area contributed by atoms with Gasteiger partial charge >= 0.3 is 0 Å². The lowest BCUT2D eigenvalue weighted by atomic mass is 9.97. The molecular weight excluding hydrogens is 302 g/mol. The summed E-state index contributed by atoms with van der Waals surface area (Å²) < 4.78 is 6.31. The van der Waals surface area contributed by atoms with Crippen molar-refractivity contribution in [2.24, 2.45) is 0 Å². The summed E-state index contributed by atoms with van der Waals surface area (Å²) >= 11 is 3.56. The Morgan fingerprint density at radius 2 is 1.74 bits per heavy atom.